The second kappa shape index (κ2) is 7.34. The van der Waals surface area contributed by atoms with E-state index in [0.717, 1.165) is 18.9 Å². The number of carbonyl (C=O) groups is 1. The van der Waals surface area contributed by atoms with Crippen LogP contribution in [-0.2, 0) is 5.54 Å². The van der Waals surface area contributed by atoms with E-state index in [2.05, 4.69) is 5.32 Å². The minimum absolute atomic E-state index is 0.00835. The lowest BCUT2D eigenvalue weighted by Gasteiger charge is -2.27. The lowest BCUT2D eigenvalue weighted by Crippen LogP contribution is -2.30. The number of carboxylic acid groups (broad SMARTS) is 1. The third kappa shape index (κ3) is 3.80. The first-order valence-electron chi connectivity index (χ1n) is 10.3. The molecule has 1 saturated heterocycles. The van der Waals surface area contributed by atoms with Gasteiger partial charge in [0.1, 0.15) is 17.6 Å². The van der Waals surface area contributed by atoms with Crippen LogP contribution >= 0.6 is 0 Å². The van der Waals surface area contributed by atoms with Gasteiger partial charge in [-0.1, -0.05) is 0 Å². The Kier molecular flexibility index (Phi) is 5.08. The van der Waals surface area contributed by atoms with E-state index in [1.54, 1.807) is 15.5 Å². The van der Waals surface area contributed by atoms with Gasteiger partial charge in [0.05, 0.1) is 11.2 Å². The molecule has 6 nitrogen and oxygen atoms in total. The number of nitrogens with zero attached hydrogens (tertiary/aromatic N) is 2. The smallest absolute Gasteiger partial charge is 0.341 e. The van der Waals surface area contributed by atoms with Gasteiger partial charge in [0.25, 0.3) is 0 Å². The number of hydrogen-bond donors (Lipinski definition) is 2. The number of anilines is 1. The van der Waals surface area contributed by atoms with E-state index in [9.17, 15) is 19.1 Å². The maximum atomic E-state index is 15.0. The van der Waals surface area contributed by atoms with E-state index in [-0.39, 0.29) is 23.5 Å². The summed E-state index contributed by atoms with van der Waals surface area (Å²) in [6.45, 7) is 6.66. The summed E-state index contributed by atoms with van der Waals surface area (Å²) in [6.07, 6.45) is 2.48. The topological polar surface area (TPSA) is 74.6 Å². The van der Waals surface area contributed by atoms with Gasteiger partial charge < -0.3 is 19.9 Å². The maximum Gasteiger partial charge on any atom is 0.341 e. The molecule has 1 aliphatic carbocycles. The van der Waals surface area contributed by atoms with Crippen LogP contribution in [0.2, 0.25) is 0 Å². The van der Waals surface area contributed by atoms with Crippen molar-refractivity contribution in [2.45, 2.75) is 51.4 Å². The zero-order chi connectivity index (χ0) is 21.8. The standard InChI is InChI=1S/C22H27F2N3O3/c1-22(2,3)27-10-15(21(29)30)20(28)14-6-16(23)19(7-18(14)27)26-9-12(17(24)11-26)8-25-13-4-5-13/h6-7,10,12-13,17,25H,4-5,8-9,11H2,1-3H3,(H,29,30)/t12-,17+/m0/s1. The van der Waals surface area contributed by atoms with Crippen LogP contribution in [0.3, 0.4) is 0 Å². The Labute approximate surface area is 173 Å². The SMILES string of the molecule is CC(C)(C)n1cc(C(=O)O)c(=O)c2cc(F)c(N3C[C@H](CNC4CC4)[C@H](F)C3)cc21. The lowest BCUT2D eigenvalue weighted by molar-refractivity contribution is 0.0694. The van der Waals surface area contributed by atoms with Gasteiger partial charge in [-0.25, -0.2) is 13.6 Å². The van der Waals surface area contributed by atoms with Crippen LogP contribution in [0.25, 0.3) is 10.9 Å². The number of aromatic nitrogens is 1. The van der Waals surface area contributed by atoms with Crippen molar-refractivity contribution in [2.24, 2.45) is 5.92 Å². The number of alkyl halides is 1. The fourth-order valence-corrected chi connectivity index (χ4v) is 4.11. The molecule has 0 unspecified atom stereocenters. The summed E-state index contributed by atoms with van der Waals surface area (Å²) in [5, 5.41) is 12.7. The van der Waals surface area contributed by atoms with Gasteiger partial charge in [0.2, 0.25) is 5.43 Å². The number of rotatable bonds is 5. The Morgan fingerprint density at radius 1 is 1.27 bits per heavy atom. The normalized spacial score (nSPS) is 22.1. The molecule has 1 aliphatic heterocycles. The average molecular weight is 419 g/mol. The van der Waals surface area contributed by atoms with Crippen molar-refractivity contribution in [1.29, 1.82) is 0 Å². The summed E-state index contributed by atoms with van der Waals surface area (Å²) in [7, 11) is 0. The molecule has 0 amide bonds. The van der Waals surface area contributed by atoms with E-state index in [4.69, 9.17) is 0 Å². The first kappa shape index (κ1) is 20.8. The van der Waals surface area contributed by atoms with Crippen LogP contribution in [0.5, 0.6) is 0 Å². The van der Waals surface area contributed by atoms with Gasteiger partial charge in [-0.2, -0.15) is 0 Å². The molecule has 30 heavy (non-hydrogen) atoms. The summed E-state index contributed by atoms with van der Waals surface area (Å²) >= 11 is 0. The van der Waals surface area contributed by atoms with Gasteiger partial charge in [-0.15, -0.1) is 0 Å². The van der Waals surface area contributed by atoms with Gasteiger partial charge in [-0.3, -0.25) is 4.79 Å². The van der Waals surface area contributed by atoms with E-state index >= 15 is 4.39 Å². The molecular weight excluding hydrogens is 392 g/mol. The molecule has 2 aliphatic rings. The third-order valence-corrected chi connectivity index (χ3v) is 5.97. The Morgan fingerprint density at radius 2 is 1.97 bits per heavy atom. The zero-order valence-corrected chi connectivity index (χ0v) is 17.4. The fraction of sp³-hybridized carbons (Fsp3) is 0.545. The van der Waals surface area contributed by atoms with Crippen LogP contribution in [0.1, 0.15) is 44.0 Å². The number of nitrogens with one attached hydrogen (secondary N) is 1. The third-order valence-electron chi connectivity index (χ3n) is 5.97. The molecule has 1 aromatic heterocycles. The minimum Gasteiger partial charge on any atom is -0.477 e. The second-order valence-corrected chi connectivity index (χ2v) is 9.40. The molecule has 4 rings (SSSR count). The monoisotopic (exact) mass is 419 g/mol. The quantitative estimate of drug-likeness (QED) is 0.779. The highest BCUT2D eigenvalue weighted by molar-refractivity contribution is 5.93. The molecule has 1 aromatic carbocycles. The molecule has 1 saturated carbocycles. The summed E-state index contributed by atoms with van der Waals surface area (Å²) in [5.74, 6) is -2.22. The van der Waals surface area contributed by atoms with Crippen molar-refractivity contribution >= 4 is 22.6 Å². The highest BCUT2D eigenvalue weighted by atomic mass is 19.1. The van der Waals surface area contributed by atoms with Crippen LogP contribution in [0, 0.1) is 11.7 Å². The van der Waals surface area contributed by atoms with Crippen molar-refractivity contribution in [3.05, 3.63) is 39.9 Å². The summed E-state index contributed by atoms with van der Waals surface area (Å²) in [6, 6.07) is 3.12. The van der Waals surface area contributed by atoms with Gasteiger partial charge >= 0.3 is 5.97 Å². The fourth-order valence-electron chi connectivity index (χ4n) is 4.11. The maximum absolute atomic E-state index is 15.0. The van der Waals surface area contributed by atoms with Gasteiger partial charge in [0, 0.05) is 48.7 Å². The Hall–Kier alpha value is -2.48. The number of halogens is 2. The molecule has 2 N–H and O–H groups in total. The second-order valence-electron chi connectivity index (χ2n) is 9.40. The summed E-state index contributed by atoms with van der Waals surface area (Å²) in [5.41, 5.74) is -1.00. The Bertz CT molecular complexity index is 1060. The zero-order valence-electron chi connectivity index (χ0n) is 17.4. The number of fused-ring (bicyclic) bond motifs is 1. The predicted molar refractivity (Wildman–Crippen MR) is 112 cm³/mol. The Balaban J connectivity index is 1.76. The van der Waals surface area contributed by atoms with Crippen LogP contribution < -0.4 is 15.6 Å². The molecule has 162 valence electrons. The number of carboxylic acids is 1. The van der Waals surface area contributed by atoms with Crippen molar-refractivity contribution in [2.75, 3.05) is 24.5 Å². The predicted octanol–water partition coefficient (Wildman–Crippen LogP) is 3.12. The number of aromatic carboxylic acids is 1. The van der Waals surface area contributed by atoms with E-state index in [1.165, 1.54) is 6.20 Å². The highest BCUT2D eigenvalue weighted by Crippen LogP contribution is 2.32. The summed E-state index contributed by atoms with van der Waals surface area (Å²) in [4.78, 5) is 25.9. The largest absolute Gasteiger partial charge is 0.477 e. The molecule has 2 atom stereocenters. The van der Waals surface area contributed by atoms with E-state index in [1.807, 2.05) is 20.8 Å². The molecule has 0 bridgehead atoms. The molecule has 0 radical (unpaired) electrons. The molecule has 2 fully saturated rings. The van der Waals surface area contributed by atoms with E-state index in [0.29, 0.717) is 24.6 Å². The van der Waals surface area contributed by atoms with Crippen molar-refractivity contribution in [3.8, 4) is 0 Å². The number of pyridine rings is 1. The van der Waals surface area contributed by atoms with Gasteiger partial charge in [0.15, 0.2) is 0 Å². The van der Waals surface area contributed by atoms with Crippen LogP contribution in [0.4, 0.5) is 14.5 Å². The first-order valence-corrected chi connectivity index (χ1v) is 10.3. The van der Waals surface area contributed by atoms with Crippen LogP contribution in [-0.4, -0.2) is 47.5 Å². The molecule has 0 spiro atoms. The van der Waals surface area contributed by atoms with Gasteiger partial charge in [-0.05, 0) is 45.7 Å². The number of hydrogen-bond acceptors (Lipinski definition) is 4. The summed E-state index contributed by atoms with van der Waals surface area (Å²) < 4.78 is 31.3. The highest BCUT2D eigenvalue weighted by Gasteiger charge is 2.35. The first-order chi connectivity index (χ1) is 14.1. The molecule has 2 heterocycles. The minimum atomic E-state index is -1.35. The van der Waals surface area contributed by atoms with Crippen molar-refractivity contribution < 1.29 is 18.7 Å². The number of benzene rings is 1. The Morgan fingerprint density at radius 3 is 2.57 bits per heavy atom. The molecule has 8 heteroatoms. The molecule has 2 aromatic rings. The molecular formula is C22H27F2N3O3. The van der Waals surface area contributed by atoms with E-state index < -0.39 is 34.5 Å². The van der Waals surface area contributed by atoms with Crippen molar-refractivity contribution in [1.82, 2.24) is 9.88 Å². The average Bonchev–Trinajstić information content (AvgIpc) is 3.41. The van der Waals surface area contributed by atoms with Crippen LogP contribution in [0.15, 0.2) is 23.1 Å². The lowest BCUT2D eigenvalue weighted by atomic mass is 10.0. The van der Waals surface area contributed by atoms with Crippen molar-refractivity contribution in [3.63, 3.8) is 0 Å².